The normalized spacial score (nSPS) is 27.3. The summed E-state index contributed by atoms with van der Waals surface area (Å²) in [5.41, 5.74) is 3.60. The van der Waals surface area contributed by atoms with Gasteiger partial charge < -0.3 is 10.1 Å². The number of rotatable bonds is 1. The number of ether oxygens (including phenoxy) is 1. The minimum absolute atomic E-state index is 0.0262. The third kappa shape index (κ3) is 2.19. The lowest BCUT2D eigenvalue weighted by Gasteiger charge is -2.15. The summed E-state index contributed by atoms with van der Waals surface area (Å²) in [6.07, 6.45) is 1.03. The van der Waals surface area contributed by atoms with E-state index < -0.39 is 0 Å². The predicted molar refractivity (Wildman–Crippen MR) is 67.8 cm³/mol. The van der Waals surface area contributed by atoms with Gasteiger partial charge in [-0.2, -0.15) is 0 Å². The average Bonchev–Trinajstić information content (AvgIpc) is 2.81. The molecule has 0 aromatic carbocycles. The van der Waals surface area contributed by atoms with E-state index >= 15 is 0 Å². The Morgan fingerprint density at radius 1 is 1.06 bits per heavy atom. The maximum atomic E-state index is 11.8. The van der Waals surface area contributed by atoms with Gasteiger partial charge >= 0.3 is 5.97 Å². The van der Waals surface area contributed by atoms with E-state index in [0.717, 1.165) is 22.3 Å². The molecule has 2 aliphatic heterocycles. The summed E-state index contributed by atoms with van der Waals surface area (Å²) in [6.45, 7) is 7.68. The fourth-order valence-corrected chi connectivity index (χ4v) is 2.44. The third-order valence-electron chi connectivity index (χ3n) is 3.58. The van der Waals surface area contributed by atoms with Gasteiger partial charge in [-0.05, 0) is 27.7 Å². The van der Waals surface area contributed by atoms with Crippen LogP contribution in [0.5, 0.6) is 0 Å². The van der Waals surface area contributed by atoms with Crippen molar-refractivity contribution in [3.05, 3.63) is 22.3 Å². The highest BCUT2D eigenvalue weighted by molar-refractivity contribution is 5.97. The summed E-state index contributed by atoms with van der Waals surface area (Å²) in [4.78, 5) is 23.4. The molecule has 0 spiro atoms. The Kier molecular flexibility index (Phi) is 3.28. The molecule has 0 unspecified atom stereocenters. The van der Waals surface area contributed by atoms with Crippen LogP contribution in [-0.4, -0.2) is 24.0 Å². The maximum absolute atomic E-state index is 11.8. The second kappa shape index (κ2) is 4.59. The summed E-state index contributed by atoms with van der Waals surface area (Å²) in [7, 11) is 0. The Hall–Kier alpha value is -1.58. The Morgan fingerprint density at radius 3 is 2.11 bits per heavy atom. The number of hydrogen-bond donors (Lipinski definition) is 1. The molecule has 2 rings (SSSR count). The van der Waals surface area contributed by atoms with Crippen molar-refractivity contribution >= 4 is 11.9 Å². The molecule has 98 valence electrons. The van der Waals surface area contributed by atoms with Gasteiger partial charge in [-0.15, -0.1) is 0 Å². The van der Waals surface area contributed by atoms with Crippen molar-refractivity contribution in [2.75, 3.05) is 0 Å². The molecular formula is C14H19NO3. The quantitative estimate of drug-likeness (QED) is 0.570. The third-order valence-corrected chi connectivity index (χ3v) is 3.58. The number of amides is 1. The van der Waals surface area contributed by atoms with Gasteiger partial charge in [0.05, 0.1) is 6.04 Å². The van der Waals surface area contributed by atoms with Gasteiger partial charge in [0.2, 0.25) is 5.91 Å². The van der Waals surface area contributed by atoms with Gasteiger partial charge in [0, 0.05) is 24.0 Å². The van der Waals surface area contributed by atoms with E-state index in [1.54, 1.807) is 0 Å². The van der Waals surface area contributed by atoms with Gasteiger partial charge in [0.25, 0.3) is 0 Å². The lowest BCUT2D eigenvalue weighted by molar-refractivity contribution is -0.140. The van der Waals surface area contributed by atoms with Crippen molar-refractivity contribution in [3.8, 4) is 0 Å². The van der Waals surface area contributed by atoms with Crippen molar-refractivity contribution in [1.29, 1.82) is 0 Å². The zero-order valence-corrected chi connectivity index (χ0v) is 11.3. The monoisotopic (exact) mass is 249 g/mol. The second-order valence-electron chi connectivity index (χ2n) is 5.39. The molecular weight excluding hydrogens is 230 g/mol. The lowest BCUT2D eigenvalue weighted by atomic mass is 9.99. The zero-order chi connectivity index (χ0) is 13.4. The topological polar surface area (TPSA) is 55.4 Å². The van der Waals surface area contributed by atoms with E-state index in [1.165, 1.54) is 0 Å². The number of allylic oxidation sites excluding steroid dienone is 2. The molecule has 2 aliphatic rings. The number of esters is 1. The Morgan fingerprint density at radius 2 is 1.67 bits per heavy atom. The number of hydrogen-bond acceptors (Lipinski definition) is 3. The fraction of sp³-hybridized carbons (Fsp3) is 0.571. The molecule has 0 radical (unpaired) electrons. The molecule has 18 heavy (non-hydrogen) atoms. The molecule has 0 aromatic rings. The van der Waals surface area contributed by atoms with Crippen LogP contribution in [0.3, 0.4) is 0 Å². The molecule has 2 saturated heterocycles. The van der Waals surface area contributed by atoms with Crippen LogP contribution in [0.4, 0.5) is 0 Å². The first-order valence-corrected chi connectivity index (χ1v) is 6.24. The van der Waals surface area contributed by atoms with Crippen LogP contribution in [0.25, 0.3) is 0 Å². The van der Waals surface area contributed by atoms with Crippen molar-refractivity contribution in [2.24, 2.45) is 0 Å². The molecule has 1 N–H and O–H groups in total. The van der Waals surface area contributed by atoms with Crippen molar-refractivity contribution < 1.29 is 14.3 Å². The molecule has 0 saturated carbocycles. The molecule has 4 nitrogen and oxygen atoms in total. The largest absolute Gasteiger partial charge is 0.456 e. The van der Waals surface area contributed by atoms with Crippen LogP contribution < -0.4 is 5.32 Å². The van der Waals surface area contributed by atoms with Crippen LogP contribution in [-0.2, 0) is 14.3 Å². The van der Waals surface area contributed by atoms with Gasteiger partial charge in [-0.1, -0.05) is 11.1 Å². The SMILES string of the molecule is CC(C)=C1C[C@@H]([C@@H]2CC(=C(C)C)C(=O)O2)NC1=O. The molecule has 1 amide bonds. The molecule has 0 bridgehead atoms. The van der Waals surface area contributed by atoms with Gasteiger partial charge in [0.15, 0.2) is 0 Å². The second-order valence-corrected chi connectivity index (χ2v) is 5.39. The van der Waals surface area contributed by atoms with E-state index in [1.807, 2.05) is 27.7 Å². The van der Waals surface area contributed by atoms with Gasteiger partial charge in [0.1, 0.15) is 6.10 Å². The van der Waals surface area contributed by atoms with Crippen molar-refractivity contribution in [1.82, 2.24) is 5.32 Å². The van der Waals surface area contributed by atoms with Crippen LogP contribution in [0.1, 0.15) is 40.5 Å². The summed E-state index contributed by atoms with van der Waals surface area (Å²) < 4.78 is 5.36. The van der Waals surface area contributed by atoms with Crippen LogP contribution in [0.2, 0.25) is 0 Å². The standard InChI is InChI=1S/C14H19NO3/c1-7(2)9-5-11(15-13(9)16)12-6-10(8(3)4)14(17)18-12/h11-12H,5-6H2,1-4H3,(H,15,16)/t11-,12-/m0/s1. The van der Waals surface area contributed by atoms with Crippen LogP contribution >= 0.6 is 0 Å². The molecule has 0 aromatic heterocycles. The molecule has 2 fully saturated rings. The lowest BCUT2D eigenvalue weighted by Crippen LogP contribution is -2.36. The molecule has 2 heterocycles. The Balaban J connectivity index is 2.14. The number of cyclic esters (lactones) is 1. The molecule has 2 atom stereocenters. The van der Waals surface area contributed by atoms with E-state index in [0.29, 0.717) is 12.8 Å². The Labute approximate surface area is 107 Å². The van der Waals surface area contributed by atoms with E-state index in [9.17, 15) is 9.59 Å². The van der Waals surface area contributed by atoms with E-state index in [2.05, 4.69) is 5.32 Å². The molecule has 4 heteroatoms. The highest BCUT2D eigenvalue weighted by Crippen LogP contribution is 2.30. The first-order chi connectivity index (χ1) is 8.40. The minimum atomic E-state index is -0.236. The van der Waals surface area contributed by atoms with E-state index in [4.69, 9.17) is 4.74 Å². The van der Waals surface area contributed by atoms with Crippen LogP contribution in [0, 0.1) is 0 Å². The summed E-state index contributed by atoms with van der Waals surface area (Å²) in [5.74, 6) is -0.262. The predicted octanol–water partition coefficient (Wildman–Crippen LogP) is 1.86. The van der Waals surface area contributed by atoms with E-state index in [-0.39, 0.29) is 24.0 Å². The van der Waals surface area contributed by atoms with Crippen molar-refractivity contribution in [2.45, 2.75) is 52.7 Å². The number of carbonyl (C=O) groups is 2. The highest BCUT2D eigenvalue weighted by atomic mass is 16.6. The maximum Gasteiger partial charge on any atom is 0.334 e. The fourth-order valence-electron chi connectivity index (χ4n) is 2.44. The number of carbonyl (C=O) groups excluding carboxylic acids is 2. The van der Waals surface area contributed by atoms with Gasteiger partial charge in [-0.25, -0.2) is 4.79 Å². The summed E-state index contributed by atoms with van der Waals surface area (Å²) in [6, 6.07) is -0.0804. The van der Waals surface area contributed by atoms with Gasteiger partial charge in [-0.3, -0.25) is 4.79 Å². The average molecular weight is 249 g/mol. The smallest absolute Gasteiger partial charge is 0.334 e. The Bertz CT molecular complexity index is 421. The highest BCUT2D eigenvalue weighted by Gasteiger charge is 2.40. The van der Waals surface area contributed by atoms with Crippen molar-refractivity contribution in [3.63, 3.8) is 0 Å². The number of nitrogens with one attached hydrogen (secondary N) is 1. The summed E-state index contributed by atoms with van der Waals surface area (Å²) >= 11 is 0. The first kappa shape index (κ1) is 12.9. The zero-order valence-electron chi connectivity index (χ0n) is 11.3. The molecule has 0 aliphatic carbocycles. The van der Waals surface area contributed by atoms with Crippen LogP contribution in [0.15, 0.2) is 22.3 Å². The first-order valence-electron chi connectivity index (χ1n) is 6.24. The summed E-state index contributed by atoms with van der Waals surface area (Å²) in [5, 5.41) is 2.91. The minimum Gasteiger partial charge on any atom is -0.456 e.